The number of benzene rings is 3. The van der Waals surface area contributed by atoms with E-state index in [0.717, 1.165) is 12.8 Å². The summed E-state index contributed by atoms with van der Waals surface area (Å²) in [6, 6.07) is 17.7. The summed E-state index contributed by atoms with van der Waals surface area (Å²) in [7, 11) is 0. The largest absolute Gasteiger partial charge is 0.342 e. The first kappa shape index (κ1) is 22.9. The summed E-state index contributed by atoms with van der Waals surface area (Å²) in [6.45, 7) is 14.2. The molecule has 190 valence electrons. The molecule has 2 aromatic heterocycles. The minimum Gasteiger partial charge on any atom is -0.342 e. The molecule has 4 atom stereocenters. The fraction of sp³-hybridized carbons (Fsp3) is 0.406. The van der Waals surface area contributed by atoms with Gasteiger partial charge in [-0.3, -0.25) is 4.79 Å². The second kappa shape index (κ2) is 7.61. The van der Waals surface area contributed by atoms with Gasteiger partial charge < -0.3 is 18.8 Å². The lowest BCUT2D eigenvalue weighted by Crippen LogP contribution is -2.55. The van der Waals surface area contributed by atoms with Crippen molar-refractivity contribution in [3.63, 3.8) is 0 Å². The van der Waals surface area contributed by atoms with Gasteiger partial charge in [-0.2, -0.15) is 0 Å². The van der Waals surface area contributed by atoms with Crippen LogP contribution in [-0.4, -0.2) is 33.0 Å². The maximum absolute atomic E-state index is 12.3. The molecule has 1 amide bonds. The zero-order valence-electron chi connectivity index (χ0n) is 22.6. The first-order chi connectivity index (χ1) is 17.8. The lowest BCUT2D eigenvalue weighted by atomic mass is 9.84. The van der Waals surface area contributed by atoms with Gasteiger partial charge >= 0.3 is 0 Å². The molecule has 2 aliphatic heterocycles. The van der Waals surface area contributed by atoms with Gasteiger partial charge in [0.2, 0.25) is 6.41 Å². The SMILES string of the molecule is CCN(C=O)[C@@H]1C[C@H]2O[C@@](C)([C@@H]1C)n1c3ccccc3c3c(C)c(C(C)C)c4c5ccccc5n2c4c31. The van der Waals surface area contributed by atoms with Crippen LogP contribution in [0.15, 0.2) is 48.5 Å². The van der Waals surface area contributed by atoms with E-state index >= 15 is 0 Å². The van der Waals surface area contributed by atoms with Crippen LogP contribution in [0.1, 0.15) is 64.3 Å². The number of ether oxygens (including phenoxy) is 1. The number of rotatable bonds is 4. The third-order valence-corrected chi connectivity index (χ3v) is 9.53. The molecular weight excluding hydrogens is 458 g/mol. The van der Waals surface area contributed by atoms with E-state index in [-0.39, 0.29) is 18.2 Å². The van der Waals surface area contributed by atoms with E-state index in [1.54, 1.807) is 0 Å². The Kier molecular flexibility index (Phi) is 4.70. The van der Waals surface area contributed by atoms with Crippen LogP contribution in [0.25, 0.3) is 43.6 Å². The Morgan fingerprint density at radius 1 is 1.05 bits per heavy atom. The third-order valence-electron chi connectivity index (χ3n) is 9.53. The third kappa shape index (κ3) is 2.65. The Labute approximate surface area is 217 Å². The summed E-state index contributed by atoms with van der Waals surface area (Å²) in [5, 5.41) is 5.25. The molecule has 37 heavy (non-hydrogen) atoms. The van der Waals surface area contributed by atoms with Crippen molar-refractivity contribution in [1.82, 2.24) is 14.0 Å². The summed E-state index contributed by atoms with van der Waals surface area (Å²) in [4.78, 5) is 14.2. The van der Waals surface area contributed by atoms with Gasteiger partial charge in [-0.25, -0.2) is 0 Å². The van der Waals surface area contributed by atoms with Gasteiger partial charge in [-0.15, -0.1) is 0 Å². The summed E-state index contributed by atoms with van der Waals surface area (Å²) in [5.74, 6) is 0.478. The molecule has 5 aromatic rings. The van der Waals surface area contributed by atoms with Crippen molar-refractivity contribution < 1.29 is 9.53 Å². The van der Waals surface area contributed by atoms with Crippen LogP contribution in [0.4, 0.5) is 0 Å². The van der Waals surface area contributed by atoms with Crippen LogP contribution >= 0.6 is 0 Å². The highest BCUT2D eigenvalue weighted by molar-refractivity contribution is 6.25. The van der Waals surface area contributed by atoms with Gasteiger partial charge in [0.25, 0.3) is 0 Å². The average molecular weight is 494 g/mol. The van der Waals surface area contributed by atoms with E-state index in [4.69, 9.17) is 4.74 Å². The van der Waals surface area contributed by atoms with Crippen molar-refractivity contribution >= 4 is 50.0 Å². The number of para-hydroxylation sites is 2. The first-order valence-corrected chi connectivity index (χ1v) is 13.7. The molecule has 2 bridgehead atoms. The van der Waals surface area contributed by atoms with Crippen molar-refractivity contribution in [2.75, 3.05) is 6.54 Å². The topological polar surface area (TPSA) is 39.4 Å². The summed E-state index contributed by atoms with van der Waals surface area (Å²) in [6.07, 6.45) is 1.63. The highest BCUT2D eigenvalue weighted by Gasteiger charge is 2.51. The molecule has 0 aliphatic carbocycles. The number of carbonyl (C=O) groups is 1. The highest BCUT2D eigenvalue weighted by atomic mass is 16.5. The molecule has 5 nitrogen and oxygen atoms in total. The van der Waals surface area contributed by atoms with Crippen molar-refractivity contribution in [2.24, 2.45) is 5.92 Å². The minimum atomic E-state index is -0.621. The summed E-state index contributed by atoms with van der Waals surface area (Å²) in [5.41, 5.74) is 7.12. The number of hydrogen-bond acceptors (Lipinski definition) is 2. The fourth-order valence-electron chi connectivity index (χ4n) is 7.84. The van der Waals surface area contributed by atoms with Gasteiger partial charge in [0, 0.05) is 46.5 Å². The summed E-state index contributed by atoms with van der Waals surface area (Å²) < 4.78 is 12.2. The van der Waals surface area contributed by atoms with Crippen LogP contribution < -0.4 is 0 Å². The Balaban J connectivity index is 1.78. The second-order valence-corrected chi connectivity index (χ2v) is 11.5. The van der Waals surface area contributed by atoms with Gasteiger partial charge in [0.05, 0.1) is 22.1 Å². The van der Waals surface area contributed by atoms with E-state index in [1.165, 1.54) is 54.7 Å². The molecule has 1 fully saturated rings. The number of amides is 1. The zero-order valence-corrected chi connectivity index (χ0v) is 22.6. The number of carbonyl (C=O) groups excluding carboxylic acids is 1. The number of aromatic nitrogens is 2. The minimum absolute atomic E-state index is 0.0682. The molecule has 0 unspecified atom stereocenters. The van der Waals surface area contributed by atoms with E-state index in [2.05, 4.69) is 99.2 Å². The van der Waals surface area contributed by atoms with E-state index < -0.39 is 5.72 Å². The van der Waals surface area contributed by atoms with Crippen molar-refractivity contribution in [3.05, 3.63) is 59.7 Å². The molecule has 0 saturated carbocycles. The van der Waals surface area contributed by atoms with Gasteiger partial charge in [0.1, 0.15) is 12.0 Å². The molecule has 4 heterocycles. The Morgan fingerprint density at radius 2 is 1.70 bits per heavy atom. The van der Waals surface area contributed by atoms with Crippen LogP contribution in [0.2, 0.25) is 0 Å². The molecule has 7 rings (SSSR count). The lowest BCUT2D eigenvalue weighted by molar-refractivity contribution is -0.234. The van der Waals surface area contributed by atoms with Crippen LogP contribution in [-0.2, 0) is 15.3 Å². The van der Waals surface area contributed by atoms with Gasteiger partial charge in [-0.1, -0.05) is 57.2 Å². The normalized spacial score (nSPS) is 25.1. The quantitative estimate of drug-likeness (QED) is 0.244. The monoisotopic (exact) mass is 493 g/mol. The lowest BCUT2D eigenvalue weighted by Gasteiger charge is -2.50. The molecule has 3 aromatic carbocycles. The van der Waals surface area contributed by atoms with Crippen LogP contribution in [0.3, 0.4) is 0 Å². The first-order valence-electron chi connectivity index (χ1n) is 13.7. The fourth-order valence-corrected chi connectivity index (χ4v) is 7.84. The van der Waals surface area contributed by atoms with Gasteiger partial charge in [-0.05, 0) is 49.9 Å². The number of hydrogen-bond donors (Lipinski definition) is 0. The predicted molar refractivity (Wildman–Crippen MR) is 151 cm³/mol. The number of fused-ring (bicyclic) bond motifs is 10. The van der Waals surface area contributed by atoms with Gasteiger partial charge in [0.15, 0.2) is 0 Å². The predicted octanol–water partition coefficient (Wildman–Crippen LogP) is 7.42. The molecule has 2 aliphatic rings. The van der Waals surface area contributed by atoms with Crippen molar-refractivity contribution in [1.29, 1.82) is 0 Å². The summed E-state index contributed by atoms with van der Waals surface area (Å²) >= 11 is 0. The van der Waals surface area contributed by atoms with Crippen LogP contribution in [0.5, 0.6) is 0 Å². The van der Waals surface area contributed by atoms with E-state index in [0.29, 0.717) is 12.5 Å². The van der Waals surface area contributed by atoms with E-state index in [1.807, 2.05) is 4.90 Å². The Bertz CT molecular complexity index is 1740. The smallest absolute Gasteiger partial charge is 0.209 e. The Hall–Kier alpha value is -3.31. The molecule has 0 N–H and O–H groups in total. The van der Waals surface area contributed by atoms with Crippen LogP contribution in [0, 0.1) is 12.8 Å². The van der Waals surface area contributed by atoms with Crippen molar-refractivity contribution in [2.45, 2.75) is 71.9 Å². The maximum Gasteiger partial charge on any atom is 0.209 e. The number of aryl methyl sites for hydroxylation is 1. The molecular formula is C32H35N3O2. The zero-order chi connectivity index (χ0) is 25.8. The van der Waals surface area contributed by atoms with E-state index in [9.17, 15) is 4.79 Å². The molecule has 0 radical (unpaired) electrons. The maximum atomic E-state index is 12.3. The highest BCUT2D eigenvalue weighted by Crippen LogP contribution is 2.55. The Morgan fingerprint density at radius 3 is 2.35 bits per heavy atom. The standard InChI is InChI=1S/C32H35N3O2/c1-7-33(17-36)25-16-26-34-23-14-10-8-12-21(23)29-27(18(2)3)19(4)28-22-13-9-11-15-24(22)35(31(28)30(29)34)32(6,37-26)20(25)5/h8-15,17-18,20,25-26H,7,16H2,1-6H3/t20-,25-,26-,32+/m1/s1. The molecule has 0 spiro atoms. The second-order valence-electron chi connectivity index (χ2n) is 11.5. The molecule has 1 saturated heterocycles. The average Bonchev–Trinajstić information content (AvgIpc) is 3.38. The molecule has 5 heteroatoms. The van der Waals surface area contributed by atoms with Crippen molar-refractivity contribution in [3.8, 4) is 0 Å². The number of nitrogens with zero attached hydrogens (tertiary/aromatic N) is 3.